The third-order valence-electron chi connectivity index (χ3n) is 5.32. The first kappa shape index (κ1) is 23.7. The number of para-hydroxylation sites is 1. The lowest BCUT2D eigenvalue weighted by molar-refractivity contribution is 0.221. The molecule has 3 N–H and O–H groups in total. The minimum absolute atomic E-state index is 0. The van der Waals surface area contributed by atoms with Crippen LogP contribution in [0.5, 0.6) is 0 Å². The molecule has 1 aromatic heterocycles. The Bertz CT molecular complexity index is 789. The summed E-state index contributed by atoms with van der Waals surface area (Å²) in [6, 6.07) is 9.01. The van der Waals surface area contributed by atoms with Crippen LogP contribution in [-0.2, 0) is 6.42 Å². The number of likely N-dealkylation sites (tertiary alicyclic amines) is 1. The zero-order valence-electron chi connectivity index (χ0n) is 17.8. The maximum atomic E-state index is 4.81. The SMILES string of the molecule is C=C(C)CN1CCC(NC(=NCCCc2c[nH]c3ccccc23)NCC)CC1.I. The van der Waals surface area contributed by atoms with Gasteiger partial charge in [-0.05, 0) is 51.2 Å². The minimum Gasteiger partial charge on any atom is -0.361 e. The van der Waals surface area contributed by atoms with E-state index in [9.17, 15) is 0 Å². The van der Waals surface area contributed by atoms with Crippen molar-refractivity contribution in [1.82, 2.24) is 20.5 Å². The second-order valence-corrected chi connectivity index (χ2v) is 7.88. The van der Waals surface area contributed by atoms with E-state index in [4.69, 9.17) is 4.99 Å². The molecule has 0 bridgehead atoms. The first-order valence-corrected chi connectivity index (χ1v) is 10.6. The fraction of sp³-hybridized carbons (Fsp3) is 0.522. The third kappa shape index (κ3) is 7.33. The third-order valence-corrected chi connectivity index (χ3v) is 5.32. The number of rotatable bonds is 8. The van der Waals surface area contributed by atoms with Crippen molar-refractivity contribution < 1.29 is 0 Å². The number of aromatic amines is 1. The fourth-order valence-electron chi connectivity index (χ4n) is 3.93. The van der Waals surface area contributed by atoms with Gasteiger partial charge in [-0.15, -0.1) is 24.0 Å². The Kier molecular flexibility index (Phi) is 10.0. The molecule has 2 aromatic rings. The maximum absolute atomic E-state index is 4.81. The van der Waals surface area contributed by atoms with Crippen LogP contribution in [0, 0.1) is 0 Å². The standard InChI is InChI=1S/C23H35N5.HI/c1-4-24-23(27-20-11-14-28(15-12-20)17-18(2)3)25-13-7-8-19-16-26-22-10-6-5-9-21(19)22;/h5-6,9-10,16,20,26H,2,4,7-8,11-15,17H2,1,3H3,(H2,24,25,27);1H. The number of halogens is 1. The lowest BCUT2D eigenvalue weighted by Gasteiger charge is -2.33. The van der Waals surface area contributed by atoms with Gasteiger partial charge in [-0.3, -0.25) is 9.89 Å². The Morgan fingerprint density at radius 3 is 2.76 bits per heavy atom. The molecule has 160 valence electrons. The van der Waals surface area contributed by atoms with Crippen molar-refractivity contribution in [3.63, 3.8) is 0 Å². The number of piperidine rings is 1. The van der Waals surface area contributed by atoms with Crippen LogP contribution in [0.15, 0.2) is 47.6 Å². The largest absolute Gasteiger partial charge is 0.361 e. The number of H-pyrrole nitrogens is 1. The van der Waals surface area contributed by atoms with Crippen molar-refractivity contribution in [2.24, 2.45) is 4.99 Å². The van der Waals surface area contributed by atoms with Gasteiger partial charge in [0.25, 0.3) is 0 Å². The first-order valence-electron chi connectivity index (χ1n) is 10.6. The van der Waals surface area contributed by atoms with E-state index in [2.05, 4.69) is 71.4 Å². The maximum Gasteiger partial charge on any atom is 0.191 e. The molecule has 1 aliphatic rings. The summed E-state index contributed by atoms with van der Waals surface area (Å²) in [6.45, 7) is 13.3. The van der Waals surface area contributed by atoms with Crippen LogP contribution < -0.4 is 10.6 Å². The van der Waals surface area contributed by atoms with Crippen molar-refractivity contribution in [1.29, 1.82) is 0 Å². The molecule has 3 rings (SSSR count). The molecule has 0 spiro atoms. The van der Waals surface area contributed by atoms with Gasteiger partial charge in [-0.1, -0.05) is 30.4 Å². The second-order valence-electron chi connectivity index (χ2n) is 7.88. The van der Waals surface area contributed by atoms with E-state index in [0.29, 0.717) is 6.04 Å². The van der Waals surface area contributed by atoms with Gasteiger partial charge >= 0.3 is 0 Å². The molecule has 5 nitrogen and oxygen atoms in total. The summed E-state index contributed by atoms with van der Waals surface area (Å²) in [5.74, 6) is 0.958. The lowest BCUT2D eigenvalue weighted by Crippen LogP contribution is -2.48. The molecule has 0 unspecified atom stereocenters. The van der Waals surface area contributed by atoms with Crippen molar-refractivity contribution in [3.05, 3.63) is 48.2 Å². The average Bonchev–Trinajstić information content (AvgIpc) is 3.09. The molecule has 6 heteroatoms. The lowest BCUT2D eigenvalue weighted by atomic mass is 10.0. The highest BCUT2D eigenvalue weighted by Crippen LogP contribution is 2.19. The fourth-order valence-corrected chi connectivity index (χ4v) is 3.93. The van der Waals surface area contributed by atoms with Crippen LogP contribution in [0.1, 0.15) is 38.7 Å². The molecule has 29 heavy (non-hydrogen) atoms. The smallest absolute Gasteiger partial charge is 0.191 e. The normalized spacial score (nSPS) is 15.9. The van der Waals surface area contributed by atoms with Gasteiger partial charge in [-0.2, -0.15) is 0 Å². The summed E-state index contributed by atoms with van der Waals surface area (Å²) < 4.78 is 0. The molecule has 0 radical (unpaired) electrons. The molecule has 0 atom stereocenters. The van der Waals surface area contributed by atoms with E-state index >= 15 is 0 Å². The van der Waals surface area contributed by atoms with E-state index in [0.717, 1.165) is 64.4 Å². The van der Waals surface area contributed by atoms with Crippen molar-refractivity contribution in [2.45, 2.75) is 45.6 Å². The molecule has 0 amide bonds. The molecule has 0 saturated carbocycles. The van der Waals surface area contributed by atoms with Gasteiger partial charge < -0.3 is 15.6 Å². The number of aliphatic imine (C=N–C) groups is 1. The molecular weight excluding hydrogens is 473 g/mol. The quantitative estimate of drug-likeness (QED) is 0.163. The summed E-state index contributed by atoms with van der Waals surface area (Å²) in [5, 5.41) is 8.37. The number of hydrogen-bond acceptors (Lipinski definition) is 2. The number of aromatic nitrogens is 1. The molecule has 1 fully saturated rings. The molecule has 2 heterocycles. The number of hydrogen-bond donors (Lipinski definition) is 3. The van der Waals surface area contributed by atoms with Gasteiger partial charge in [0.05, 0.1) is 0 Å². The van der Waals surface area contributed by atoms with Gasteiger partial charge in [0, 0.05) is 55.9 Å². The predicted octanol–water partition coefficient (Wildman–Crippen LogP) is 4.31. The highest BCUT2D eigenvalue weighted by molar-refractivity contribution is 14.0. The number of benzene rings is 1. The monoisotopic (exact) mass is 509 g/mol. The summed E-state index contributed by atoms with van der Waals surface area (Å²) >= 11 is 0. The highest BCUT2D eigenvalue weighted by Gasteiger charge is 2.19. The highest BCUT2D eigenvalue weighted by atomic mass is 127. The zero-order valence-corrected chi connectivity index (χ0v) is 20.2. The van der Waals surface area contributed by atoms with Crippen LogP contribution in [0.2, 0.25) is 0 Å². The zero-order chi connectivity index (χ0) is 19.8. The van der Waals surface area contributed by atoms with E-state index in [1.54, 1.807) is 0 Å². The van der Waals surface area contributed by atoms with E-state index in [-0.39, 0.29) is 24.0 Å². The predicted molar refractivity (Wildman–Crippen MR) is 135 cm³/mol. The molecule has 1 saturated heterocycles. The summed E-state index contributed by atoms with van der Waals surface area (Å²) in [7, 11) is 0. The Hall–Kier alpha value is -1.54. The number of aryl methyl sites for hydroxylation is 1. The second kappa shape index (κ2) is 12.2. The van der Waals surface area contributed by atoms with Crippen LogP contribution in [0.4, 0.5) is 0 Å². The number of nitrogens with one attached hydrogen (secondary N) is 3. The van der Waals surface area contributed by atoms with Crippen LogP contribution in [0.25, 0.3) is 10.9 Å². The van der Waals surface area contributed by atoms with Crippen molar-refractivity contribution >= 4 is 40.8 Å². The average molecular weight is 509 g/mol. The summed E-state index contributed by atoms with van der Waals surface area (Å²) in [5.41, 5.74) is 3.85. The van der Waals surface area contributed by atoms with Gasteiger partial charge in [0.15, 0.2) is 5.96 Å². The van der Waals surface area contributed by atoms with Crippen LogP contribution >= 0.6 is 24.0 Å². The van der Waals surface area contributed by atoms with Gasteiger partial charge in [0.2, 0.25) is 0 Å². The van der Waals surface area contributed by atoms with Gasteiger partial charge in [-0.25, -0.2) is 0 Å². The summed E-state index contributed by atoms with van der Waals surface area (Å²) in [4.78, 5) is 10.7. The van der Waals surface area contributed by atoms with Gasteiger partial charge in [0.1, 0.15) is 0 Å². The Labute approximate surface area is 192 Å². The first-order chi connectivity index (χ1) is 13.7. The van der Waals surface area contributed by atoms with Crippen molar-refractivity contribution in [3.8, 4) is 0 Å². The molecule has 1 aliphatic heterocycles. The number of guanidine groups is 1. The van der Waals surface area contributed by atoms with E-state index in [1.165, 1.54) is 22.0 Å². The van der Waals surface area contributed by atoms with Crippen LogP contribution in [0.3, 0.4) is 0 Å². The summed E-state index contributed by atoms with van der Waals surface area (Å²) in [6.07, 6.45) is 6.55. The van der Waals surface area contributed by atoms with Crippen molar-refractivity contribution in [2.75, 3.05) is 32.7 Å². The minimum atomic E-state index is 0. The number of fused-ring (bicyclic) bond motifs is 1. The molecule has 1 aromatic carbocycles. The Morgan fingerprint density at radius 1 is 1.28 bits per heavy atom. The van der Waals surface area contributed by atoms with Crippen LogP contribution in [-0.4, -0.2) is 54.6 Å². The van der Waals surface area contributed by atoms with E-state index < -0.39 is 0 Å². The Balaban J connectivity index is 0.00000300. The number of nitrogens with zero attached hydrogens (tertiary/aromatic N) is 2. The Morgan fingerprint density at radius 2 is 2.03 bits per heavy atom. The molecule has 0 aliphatic carbocycles. The van der Waals surface area contributed by atoms with E-state index in [1.807, 2.05) is 0 Å². The topological polar surface area (TPSA) is 55.5 Å². The molecular formula is C23H36IN5.